The van der Waals surface area contributed by atoms with Crippen LogP contribution < -0.4 is 0 Å². The van der Waals surface area contributed by atoms with Crippen LogP contribution in [0.2, 0.25) is 0 Å². The van der Waals surface area contributed by atoms with Crippen LogP contribution >= 0.6 is 0 Å². The van der Waals surface area contributed by atoms with E-state index < -0.39 is 5.97 Å². The third-order valence-electron chi connectivity index (χ3n) is 3.93. The van der Waals surface area contributed by atoms with Crippen molar-refractivity contribution in [3.63, 3.8) is 0 Å². The zero-order valence-corrected chi connectivity index (χ0v) is 16.3. The molecule has 0 bridgehead atoms. The first-order chi connectivity index (χ1) is 13.7. The van der Waals surface area contributed by atoms with Crippen LogP contribution in [0.1, 0.15) is 24.8 Å². The van der Waals surface area contributed by atoms with Gasteiger partial charge in [0.1, 0.15) is 32.2 Å². The van der Waals surface area contributed by atoms with Crippen LogP contribution in [0.25, 0.3) is 0 Å². The van der Waals surface area contributed by atoms with E-state index in [-0.39, 0.29) is 32.7 Å². The molecule has 0 saturated carbocycles. The fraction of sp³-hybridized carbons (Fsp3) is 0.571. The van der Waals surface area contributed by atoms with Crippen molar-refractivity contribution in [3.8, 4) is 0 Å². The molecule has 1 aromatic rings. The van der Waals surface area contributed by atoms with Gasteiger partial charge in [0.2, 0.25) is 0 Å². The summed E-state index contributed by atoms with van der Waals surface area (Å²) in [7, 11) is 0. The Kier molecular flexibility index (Phi) is 11.3. The molecule has 156 valence electrons. The Bertz CT molecular complexity index is 555. The third kappa shape index (κ3) is 10.4. The Morgan fingerprint density at radius 2 is 1.79 bits per heavy atom. The van der Waals surface area contributed by atoms with Crippen LogP contribution in [-0.4, -0.2) is 58.5 Å². The number of esters is 1. The molecule has 0 aromatic heterocycles. The first-order valence-electron chi connectivity index (χ1n) is 9.63. The van der Waals surface area contributed by atoms with E-state index >= 15 is 0 Å². The molecule has 0 spiro atoms. The summed E-state index contributed by atoms with van der Waals surface area (Å²) >= 11 is 0. The quantitative estimate of drug-likeness (QED) is 0.273. The predicted molar refractivity (Wildman–Crippen MR) is 103 cm³/mol. The van der Waals surface area contributed by atoms with Crippen LogP contribution in [0.4, 0.5) is 0 Å². The molecule has 1 aromatic carbocycles. The molecular weight excluding hydrogens is 364 g/mol. The maximum atomic E-state index is 11.6. The van der Waals surface area contributed by atoms with Gasteiger partial charge in [0.15, 0.2) is 6.29 Å². The predicted octanol–water partition coefficient (Wildman–Crippen LogP) is 2.84. The zero-order valence-electron chi connectivity index (χ0n) is 16.3. The number of carbonyl (C=O) groups is 1. The summed E-state index contributed by atoms with van der Waals surface area (Å²) in [5, 5.41) is 0. The summed E-state index contributed by atoms with van der Waals surface area (Å²) in [5.74, 6) is 0.0946. The Morgan fingerprint density at radius 3 is 2.57 bits per heavy atom. The molecule has 1 aliphatic rings. The lowest BCUT2D eigenvalue weighted by molar-refractivity contribution is -0.168. The highest BCUT2D eigenvalue weighted by atomic mass is 16.7. The molecule has 0 aliphatic carbocycles. The van der Waals surface area contributed by atoms with Crippen molar-refractivity contribution >= 4 is 5.97 Å². The Hall–Kier alpha value is -1.93. The first-order valence-corrected chi connectivity index (χ1v) is 9.63. The second-order valence-electron chi connectivity index (χ2n) is 6.31. The zero-order chi connectivity index (χ0) is 19.9. The first kappa shape index (κ1) is 22.4. The van der Waals surface area contributed by atoms with E-state index in [2.05, 4.69) is 6.58 Å². The van der Waals surface area contributed by atoms with Crippen LogP contribution in [0.5, 0.6) is 0 Å². The molecule has 1 saturated heterocycles. The lowest BCUT2D eigenvalue weighted by Crippen LogP contribution is -2.24. The average molecular weight is 394 g/mol. The van der Waals surface area contributed by atoms with Crippen LogP contribution in [0, 0.1) is 0 Å². The fourth-order valence-corrected chi connectivity index (χ4v) is 2.49. The highest BCUT2D eigenvalue weighted by Crippen LogP contribution is 2.13. The molecule has 0 N–H and O–H groups in total. The minimum absolute atomic E-state index is 0.103. The molecule has 1 heterocycles. The van der Waals surface area contributed by atoms with E-state index in [9.17, 15) is 4.79 Å². The Labute approximate surface area is 166 Å². The largest absolute Gasteiger partial charge is 0.494 e. The Balaban J connectivity index is 1.37. The van der Waals surface area contributed by atoms with Gasteiger partial charge in [-0.1, -0.05) is 36.9 Å². The van der Waals surface area contributed by atoms with Crippen molar-refractivity contribution in [3.05, 3.63) is 48.2 Å². The molecule has 1 aliphatic heterocycles. The molecule has 7 heteroatoms. The maximum absolute atomic E-state index is 11.6. The highest BCUT2D eigenvalue weighted by molar-refractivity contribution is 5.70. The third-order valence-corrected chi connectivity index (χ3v) is 3.93. The van der Waals surface area contributed by atoms with Crippen LogP contribution in [0.15, 0.2) is 42.7 Å². The van der Waals surface area contributed by atoms with Gasteiger partial charge in [0.05, 0.1) is 19.8 Å². The topological polar surface area (TPSA) is 72.5 Å². The normalized spacial score (nSPS) is 16.5. The average Bonchev–Trinajstić information content (AvgIpc) is 2.73. The second-order valence-corrected chi connectivity index (χ2v) is 6.31. The molecule has 7 nitrogen and oxygen atoms in total. The molecule has 1 fully saturated rings. The van der Waals surface area contributed by atoms with E-state index in [4.69, 9.17) is 28.4 Å². The van der Waals surface area contributed by atoms with E-state index in [0.29, 0.717) is 25.6 Å². The molecule has 0 amide bonds. The van der Waals surface area contributed by atoms with E-state index in [1.165, 1.54) is 0 Å². The van der Waals surface area contributed by atoms with Gasteiger partial charge in [-0.05, 0) is 24.8 Å². The van der Waals surface area contributed by atoms with Gasteiger partial charge in [-0.15, -0.1) is 0 Å². The number of hydrogen-bond acceptors (Lipinski definition) is 7. The van der Waals surface area contributed by atoms with Crippen molar-refractivity contribution in [1.29, 1.82) is 0 Å². The minimum Gasteiger partial charge on any atom is -0.494 e. The molecule has 1 unspecified atom stereocenters. The van der Waals surface area contributed by atoms with Crippen LogP contribution in [0.3, 0.4) is 0 Å². The van der Waals surface area contributed by atoms with Crippen molar-refractivity contribution in [2.24, 2.45) is 0 Å². The maximum Gasteiger partial charge on any atom is 0.332 e. The highest BCUT2D eigenvalue weighted by Gasteiger charge is 2.13. The number of hydrogen-bond donors (Lipinski definition) is 0. The summed E-state index contributed by atoms with van der Waals surface area (Å²) < 4.78 is 32.2. The monoisotopic (exact) mass is 394 g/mol. The fourth-order valence-electron chi connectivity index (χ4n) is 2.49. The van der Waals surface area contributed by atoms with Gasteiger partial charge in [-0.25, -0.2) is 4.79 Å². The summed E-state index contributed by atoms with van der Waals surface area (Å²) in [6, 6.07) is 9.49. The number of rotatable bonds is 14. The summed E-state index contributed by atoms with van der Waals surface area (Å²) in [6.45, 7) is 6.45. The molecular formula is C21H30O7. The van der Waals surface area contributed by atoms with Gasteiger partial charge < -0.3 is 28.4 Å². The second kappa shape index (κ2) is 14.1. The van der Waals surface area contributed by atoms with Crippen molar-refractivity contribution < 1.29 is 33.2 Å². The van der Waals surface area contributed by atoms with Gasteiger partial charge in [-0.2, -0.15) is 0 Å². The van der Waals surface area contributed by atoms with E-state index in [0.717, 1.165) is 31.4 Å². The molecule has 2 rings (SSSR count). The summed E-state index contributed by atoms with van der Waals surface area (Å²) in [5.41, 5.74) is 0.937. The minimum atomic E-state index is -0.409. The van der Waals surface area contributed by atoms with E-state index in [1.807, 2.05) is 30.3 Å². The van der Waals surface area contributed by atoms with Gasteiger partial charge >= 0.3 is 5.97 Å². The smallest absolute Gasteiger partial charge is 0.332 e. The Morgan fingerprint density at radius 1 is 1.00 bits per heavy atom. The lowest BCUT2D eigenvalue weighted by Gasteiger charge is -2.22. The number of benzene rings is 1. The van der Waals surface area contributed by atoms with Crippen molar-refractivity contribution in [1.82, 2.24) is 0 Å². The van der Waals surface area contributed by atoms with Crippen molar-refractivity contribution in [2.75, 3.05) is 46.2 Å². The standard InChI is InChI=1S/C21H30O7/c1-18(15-23-12-14-27-21-9-5-6-10-26-21)25-13-11-24-17-20(22)28-16-19-7-3-2-4-8-19/h2-4,7-8,21H,1,5-6,9-17H2. The van der Waals surface area contributed by atoms with Gasteiger partial charge in [-0.3, -0.25) is 0 Å². The van der Waals surface area contributed by atoms with Gasteiger partial charge in [0, 0.05) is 6.61 Å². The van der Waals surface area contributed by atoms with Crippen LogP contribution in [-0.2, 0) is 39.8 Å². The lowest BCUT2D eigenvalue weighted by atomic mass is 10.2. The van der Waals surface area contributed by atoms with E-state index in [1.54, 1.807) is 0 Å². The van der Waals surface area contributed by atoms with Gasteiger partial charge in [0.25, 0.3) is 0 Å². The molecule has 0 radical (unpaired) electrons. The summed E-state index contributed by atoms with van der Waals surface area (Å²) in [4.78, 5) is 11.6. The number of ether oxygens (including phenoxy) is 6. The SMILES string of the molecule is C=C(COCCOC1CCCCO1)OCCOCC(=O)OCc1ccccc1. The summed E-state index contributed by atoms with van der Waals surface area (Å²) in [6.07, 6.45) is 3.08. The molecule has 1 atom stereocenters. The number of carbonyl (C=O) groups excluding carboxylic acids is 1. The molecule has 28 heavy (non-hydrogen) atoms. The van der Waals surface area contributed by atoms with Crippen molar-refractivity contribution in [2.45, 2.75) is 32.2 Å².